The van der Waals surface area contributed by atoms with E-state index in [4.69, 9.17) is 4.74 Å². The van der Waals surface area contributed by atoms with Crippen LogP contribution in [0, 0.1) is 0 Å². The molecule has 0 saturated carbocycles. The number of para-hydroxylation sites is 1. The van der Waals surface area contributed by atoms with E-state index in [1.54, 1.807) is 6.92 Å². The Labute approximate surface area is 129 Å². The molecule has 3 rings (SSSR count). The van der Waals surface area contributed by atoms with Crippen molar-refractivity contribution in [2.45, 2.75) is 31.1 Å². The third-order valence-corrected chi connectivity index (χ3v) is 5.96. The number of sulfone groups is 1. The van der Waals surface area contributed by atoms with Crippen molar-refractivity contribution in [1.82, 2.24) is 20.2 Å². The first kappa shape index (κ1) is 15.1. The van der Waals surface area contributed by atoms with Gasteiger partial charge >= 0.3 is 0 Å². The lowest BCUT2D eigenvalue weighted by Gasteiger charge is -2.15. The minimum absolute atomic E-state index is 0.00974. The molecule has 1 aliphatic heterocycles. The van der Waals surface area contributed by atoms with E-state index in [1.807, 2.05) is 30.3 Å². The van der Waals surface area contributed by atoms with Gasteiger partial charge in [0.25, 0.3) is 0 Å². The Morgan fingerprint density at radius 2 is 2.14 bits per heavy atom. The van der Waals surface area contributed by atoms with Gasteiger partial charge in [-0.2, -0.15) is 4.68 Å². The van der Waals surface area contributed by atoms with E-state index >= 15 is 0 Å². The molecule has 8 heteroatoms. The lowest BCUT2D eigenvalue weighted by atomic mass is 10.3. The molecular weight excluding hydrogens is 304 g/mol. The maximum Gasteiger partial charge on any atom is 0.174 e. The van der Waals surface area contributed by atoms with Gasteiger partial charge in [-0.3, -0.25) is 0 Å². The van der Waals surface area contributed by atoms with E-state index in [2.05, 4.69) is 15.5 Å². The van der Waals surface area contributed by atoms with Gasteiger partial charge in [0.2, 0.25) is 0 Å². The summed E-state index contributed by atoms with van der Waals surface area (Å²) in [5.74, 6) is 0.333. The van der Waals surface area contributed by atoms with Gasteiger partial charge in [-0.15, -0.1) is 5.10 Å². The summed E-state index contributed by atoms with van der Waals surface area (Å²) >= 11 is 0. The van der Waals surface area contributed by atoms with E-state index in [0.29, 0.717) is 12.4 Å². The molecule has 2 aromatic rings. The Morgan fingerprint density at radius 1 is 1.36 bits per heavy atom. The topological polar surface area (TPSA) is 87.0 Å². The number of hydrogen-bond donors (Lipinski definition) is 0. The van der Waals surface area contributed by atoms with Crippen molar-refractivity contribution in [3.05, 3.63) is 36.2 Å². The monoisotopic (exact) mass is 322 g/mol. The highest BCUT2D eigenvalue weighted by Gasteiger charge is 2.32. The predicted octanol–water partition coefficient (Wildman–Crippen LogP) is 1.32. The Kier molecular flexibility index (Phi) is 4.21. The maximum absolute atomic E-state index is 12.6. The molecular formula is C14H18N4O3S. The number of ether oxygens (including phenoxy) is 1. The van der Waals surface area contributed by atoms with Crippen LogP contribution >= 0.6 is 0 Å². The summed E-state index contributed by atoms with van der Waals surface area (Å²) in [4.78, 5) is 0. The van der Waals surface area contributed by atoms with Gasteiger partial charge in [-0.1, -0.05) is 18.2 Å². The third-order valence-electron chi connectivity index (χ3n) is 3.84. The van der Waals surface area contributed by atoms with E-state index in [-0.39, 0.29) is 11.9 Å². The SMILES string of the molecule is C[C@@H](c1nnnn1-c1ccccc1)S(=O)(=O)C[C@@H]1CCCO1. The molecule has 2 atom stereocenters. The maximum atomic E-state index is 12.6. The molecule has 22 heavy (non-hydrogen) atoms. The smallest absolute Gasteiger partial charge is 0.174 e. The van der Waals surface area contributed by atoms with Crippen molar-refractivity contribution in [2.24, 2.45) is 0 Å². The second-order valence-electron chi connectivity index (χ2n) is 5.39. The van der Waals surface area contributed by atoms with Crippen LogP contribution in [0.25, 0.3) is 5.69 Å². The van der Waals surface area contributed by atoms with Crippen LogP contribution in [0.4, 0.5) is 0 Å². The minimum atomic E-state index is -3.39. The molecule has 1 aromatic heterocycles. The van der Waals surface area contributed by atoms with Gasteiger partial charge in [0, 0.05) is 6.61 Å². The lowest BCUT2D eigenvalue weighted by molar-refractivity contribution is 0.127. The highest BCUT2D eigenvalue weighted by molar-refractivity contribution is 7.91. The van der Waals surface area contributed by atoms with Crippen LogP contribution in [0.1, 0.15) is 30.8 Å². The molecule has 0 radical (unpaired) electrons. The van der Waals surface area contributed by atoms with Crippen molar-refractivity contribution in [3.63, 3.8) is 0 Å². The largest absolute Gasteiger partial charge is 0.377 e. The van der Waals surface area contributed by atoms with E-state index in [9.17, 15) is 8.42 Å². The van der Waals surface area contributed by atoms with Crippen molar-refractivity contribution >= 4 is 9.84 Å². The number of aromatic nitrogens is 4. The van der Waals surface area contributed by atoms with Crippen LogP contribution < -0.4 is 0 Å². The number of benzene rings is 1. The molecule has 0 bridgehead atoms. The fourth-order valence-corrected chi connectivity index (χ4v) is 4.08. The summed E-state index contributed by atoms with van der Waals surface area (Å²) in [6, 6.07) is 9.25. The van der Waals surface area contributed by atoms with Gasteiger partial charge in [-0.05, 0) is 42.3 Å². The van der Waals surface area contributed by atoms with Gasteiger partial charge in [-0.25, -0.2) is 8.42 Å². The first-order chi connectivity index (χ1) is 10.6. The molecule has 1 aromatic carbocycles. The number of hydrogen-bond acceptors (Lipinski definition) is 6. The molecule has 0 spiro atoms. The molecule has 1 fully saturated rings. The average Bonchev–Trinajstić information content (AvgIpc) is 3.18. The van der Waals surface area contributed by atoms with E-state index in [0.717, 1.165) is 18.5 Å². The predicted molar refractivity (Wildman–Crippen MR) is 80.3 cm³/mol. The zero-order chi connectivity index (χ0) is 15.6. The summed E-state index contributed by atoms with van der Waals surface area (Å²) in [6.07, 6.45) is 1.49. The van der Waals surface area contributed by atoms with Crippen LogP contribution in [0.15, 0.2) is 30.3 Å². The Balaban J connectivity index is 1.86. The van der Waals surface area contributed by atoms with E-state index in [1.165, 1.54) is 4.68 Å². The first-order valence-electron chi connectivity index (χ1n) is 7.25. The molecule has 0 N–H and O–H groups in total. The standard InChI is InChI=1S/C14H18N4O3S/c1-11(22(19,20)10-13-8-5-9-21-13)14-15-16-17-18(14)12-6-3-2-4-7-12/h2-4,6-7,11,13H,5,8-10H2,1H3/t11-,13-/m0/s1. The normalized spacial score (nSPS) is 20.1. The molecule has 1 aliphatic rings. The van der Waals surface area contributed by atoms with Gasteiger partial charge < -0.3 is 4.74 Å². The highest BCUT2D eigenvalue weighted by Crippen LogP contribution is 2.25. The summed E-state index contributed by atoms with van der Waals surface area (Å²) in [7, 11) is -3.39. The van der Waals surface area contributed by atoms with E-state index < -0.39 is 15.1 Å². The number of rotatable bonds is 5. The van der Waals surface area contributed by atoms with Crippen molar-refractivity contribution in [3.8, 4) is 5.69 Å². The zero-order valence-electron chi connectivity index (χ0n) is 12.3. The Hall–Kier alpha value is -1.80. The second kappa shape index (κ2) is 6.13. The summed E-state index contributed by atoms with van der Waals surface area (Å²) in [6.45, 7) is 2.26. The van der Waals surface area contributed by atoms with Crippen LogP contribution in [0.2, 0.25) is 0 Å². The second-order valence-corrected chi connectivity index (χ2v) is 7.76. The van der Waals surface area contributed by atoms with Crippen molar-refractivity contribution in [2.75, 3.05) is 12.4 Å². The lowest BCUT2D eigenvalue weighted by Crippen LogP contribution is -2.25. The molecule has 7 nitrogen and oxygen atoms in total. The number of nitrogens with zero attached hydrogens (tertiary/aromatic N) is 4. The summed E-state index contributed by atoms with van der Waals surface area (Å²) < 4.78 is 32.1. The Morgan fingerprint density at radius 3 is 2.82 bits per heavy atom. The van der Waals surface area contributed by atoms with Crippen LogP contribution in [-0.2, 0) is 14.6 Å². The molecule has 2 heterocycles. The molecule has 0 aliphatic carbocycles. The fourth-order valence-electron chi connectivity index (χ4n) is 2.54. The molecule has 1 saturated heterocycles. The molecule has 0 amide bonds. The highest BCUT2D eigenvalue weighted by atomic mass is 32.2. The average molecular weight is 322 g/mol. The summed E-state index contributed by atoms with van der Waals surface area (Å²) in [5, 5.41) is 10.7. The first-order valence-corrected chi connectivity index (χ1v) is 8.96. The molecule has 0 unspecified atom stereocenters. The Bertz CT molecular complexity index is 724. The van der Waals surface area contributed by atoms with Crippen molar-refractivity contribution in [1.29, 1.82) is 0 Å². The van der Waals surface area contributed by atoms with Crippen LogP contribution in [0.3, 0.4) is 0 Å². The minimum Gasteiger partial charge on any atom is -0.377 e. The van der Waals surface area contributed by atoms with Gasteiger partial charge in [0.1, 0.15) is 5.25 Å². The van der Waals surface area contributed by atoms with Gasteiger partial charge in [0.15, 0.2) is 15.7 Å². The summed E-state index contributed by atoms with van der Waals surface area (Å²) in [5.41, 5.74) is 0.738. The number of tetrazole rings is 1. The fraction of sp³-hybridized carbons (Fsp3) is 0.500. The zero-order valence-corrected chi connectivity index (χ0v) is 13.1. The van der Waals surface area contributed by atoms with Crippen molar-refractivity contribution < 1.29 is 13.2 Å². The molecule has 118 valence electrons. The third kappa shape index (κ3) is 3.02. The van der Waals surface area contributed by atoms with Crippen LogP contribution in [-0.4, -0.2) is 47.1 Å². The van der Waals surface area contributed by atoms with Crippen LogP contribution in [0.5, 0.6) is 0 Å². The van der Waals surface area contributed by atoms with Gasteiger partial charge in [0.05, 0.1) is 17.5 Å². The quantitative estimate of drug-likeness (QED) is 0.825.